The molecule has 3 N–H and O–H groups in total. The summed E-state index contributed by atoms with van der Waals surface area (Å²) in [4.78, 5) is 0. The molecule has 0 aliphatic carbocycles. The summed E-state index contributed by atoms with van der Waals surface area (Å²) in [6.07, 6.45) is 1.62. The zero-order valence-electron chi connectivity index (χ0n) is 15.2. The van der Waals surface area contributed by atoms with E-state index in [1.165, 1.54) is 0 Å². The average molecular weight is 391 g/mol. The van der Waals surface area contributed by atoms with Gasteiger partial charge in [-0.2, -0.15) is 5.10 Å². The second-order valence-electron chi connectivity index (χ2n) is 5.99. The molecule has 0 saturated carbocycles. The number of nitrogens with two attached hydrogens (primary N) is 1. The van der Waals surface area contributed by atoms with Crippen LogP contribution in [0.25, 0.3) is 0 Å². The van der Waals surface area contributed by atoms with E-state index in [0.29, 0.717) is 24.7 Å². The molecule has 3 aromatic carbocycles. The molecule has 0 saturated heterocycles. The van der Waals surface area contributed by atoms with Gasteiger partial charge < -0.3 is 15.2 Å². The number of hydrogen-bond acceptors (Lipinski definition) is 4. The zero-order valence-corrected chi connectivity index (χ0v) is 16.1. The van der Waals surface area contributed by atoms with Crippen molar-refractivity contribution in [1.29, 1.82) is 0 Å². The van der Waals surface area contributed by atoms with E-state index in [-0.39, 0.29) is 5.11 Å². The van der Waals surface area contributed by atoms with Gasteiger partial charge in [0.25, 0.3) is 0 Å². The van der Waals surface area contributed by atoms with Gasteiger partial charge in [0.1, 0.15) is 13.2 Å². The zero-order chi connectivity index (χ0) is 19.6. The van der Waals surface area contributed by atoms with Gasteiger partial charge in [0.2, 0.25) is 0 Å². The highest BCUT2D eigenvalue weighted by molar-refractivity contribution is 7.80. The van der Waals surface area contributed by atoms with Crippen LogP contribution in [0.1, 0.15) is 16.7 Å². The first-order valence-electron chi connectivity index (χ1n) is 8.77. The fourth-order valence-corrected chi connectivity index (χ4v) is 2.53. The maximum Gasteiger partial charge on any atom is 0.184 e. The first kappa shape index (κ1) is 19.4. The van der Waals surface area contributed by atoms with E-state index in [9.17, 15) is 0 Å². The lowest BCUT2D eigenvalue weighted by Crippen LogP contribution is -2.23. The Morgan fingerprint density at radius 2 is 1.43 bits per heavy atom. The third-order valence-corrected chi connectivity index (χ3v) is 3.92. The Morgan fingerprint density at radius 1 is 0.857 bits per heavy atom. The topological polar surface area (TPSA) is 68.9 Å². The maximum atomic E-state index is 6.02. The van der Waals surface area contributed by atoms with E-state index in [4.69, 9.17) is 27.4 Å². The van der Waals surface area contributed by atoms with Crippen molar-refractivity contribution in [3.05, 3.63) is 95.6 Å². The Bertz CT molecular complexity index is 931. The SMILES string of the molecule is NC(=S)N/N=C/c1ccc(OCc2ccccc2)c(OCc2ccccc2)c1. The third kappa shape index (κ3) is 6.10. The summed E-state index contributed by atoms with van der Waals surface area (Å²) in [7, 11) is 0. The van der Waals surface area contributed by atoms with E-state index in [1.807, 2.05) is 78.9 Å². The highest BCUT2D eigenvalue weighted by atomic mass is 32.1. The molecule has 28 heavy (non-hydrogen) atoms. The molecular formula is C22H21N3O2S. The van der Waals surface area contributed by atoms with Crippen LogP contribution in [-0.4, -0.2) is 11.3 Å². The lowest BCUT2D eigenvalue weighted by molar-refractivity contribution is 0.256. The van der Waals surface area contributed by atoms with Gasteiger partial charge in [0, 0.05) is 0 Å². The predicted octanol–water partition coefficient (Wildman–Crippen LogP) is 4.01. The van der Waals surface area contributed by atoms with Crippen LogP contribution < -0.4 is 20.6 Å². The highest BCUT2D eigenvalue weighted by Crippen LogP contribution is 2.29. The summed E-state index contributed by atoms with van der Waals surface area (Å²) in [5.41, 5.74) is 10.9. The van der Waals surface area contributed by atoms with Crippen molar-refractivity contribution in [3.8, 4) is 11.5 Å². The normalized spacial score (nSPS) is 10.6. The molecule has 0 atom stereocenters. The lowest BCUT2D eigenvalue weighted by atomic mass is 10.2. The molecular weight excluding hydrogens is 370 g/mol. The number of hydrogen-bond donors (Lipinski definition) is 2. The number of ether oxygens (including phenoxy) is 2. The molecule has 0 fully saturated rings. The maximum absolute atomic E-state index is 6.02. The van der Waals surface area contributed by atoms with Gasteiger partial charge in [-0.15, -0.1) is 0 Å². The molecule has 0 radical (unpaired) electrons. The molecule has 0 amide bonds. The smallest absolute Gasteiger partial charge is 0.184 e. The molecule has 6 heteroatoms. The van der Waals surface area contributed by atoms with E-state index in [0.717, 1.165) is 16.7 Å². The monoisotopic (exact) mass is 391 g/mol. The molecule has 3 aromatic rings. The molecule has 5 nitrogen and oxygen atoms in total. The number of nitrogens with one attached hydrogen (secondary N) is 1. The Labute approximate surface area is 169 Å². The van der Waals surface area contributed by atoms with Crippen molar-refractivity contribution in [2.45, 2.75) is 13.2 Å². The molecule has 3 rings (SSSR count). The van der Waals surface area contributed by atoms with Crippen molar-refractivity contribution in [2.75, 3.05) is 0 Å². The third-order valence-electron chi connectivity index (χ3n) is 3.83. The van der Waals surface area contributed by atoms with Crippen LogP contribution >= 0.6 is 12.2 Å². The van der Waals surface area contributed by atoms with E-state index < -0.39 is 0 Å². The standard InChI is InChI=1S/C22H21N3O2S/c23-22(28)25-24-14-19-11-12-20(26-15-17-7-3-1-4-8-17)21(13-19)27-16-18-9-5-2-6-10-18/h1-14H,15-16H2,(H3,23,25,28)/b24-14+. The average Bonchev–Trinajstić information content (AvgIpc) is 2.73. The van der Waals surface area contributed by atoms with Gasteiger partial charge >= 0.3 is 0 Å². The summed E-state index contributed by atoms with van der Waals surface area (Å²) in [5, 5.41) is 4.10. The molecule has 0 spiro atoms. The Hall–Kier alpha value is -3.38. The second-order valence-corrected chi connectivity index (χ2v) is 6.43. The first-order chi connectivity index (χ1) is 13.7. The fraction of sp³-hybridized carbons (Fsp3) is 0.0909. The van der Waals surface area contributed by atoms with Gasteiger partial charge in [0.05, 0.1) is 6.21 Å². The van der Waals surface area contributed by atoms with Crippen molar-refractivity contribution in [1.82, 2.24) is 5.43 Å². The van der Waals surface area contributed by atoms with Crippen LogP contribution in [0.2, 0.25) is 0 Å². The summed E-state index contributed by atoms with van der Waals surface area (Å²) >= 11 is 4.74. The predicted molar refractivity (Wildman–Crippen MR) is 116 cm³/mol. The summed E-state index contributed by atoms with van der Waals surface area (Å²) in [5.74, 6) is 1.30. The molecule has 0 heterocycles. The number of nitrogens with zero attached hydrogens (tertiary/aromatic N) is 1. The molecule has 0 aliphatic rings. The van der Waals surface area contributed by atoms with Crippen LogP contribution in [0.4, 0.5) is 0 Å². The number of thiocarbonyl (C=S) groups is 1. The Kier molecular flexibility index (Phi) is 6.98. The van der Waals surface area contributed by atoms with Crippen LogP contribution in [0, 0.1) is 0 Å². The molecule has 0 bridgehead atoms. The van der Waals surface area contributed by atoms with Gasteiger partial charge in [-0.05, 0) is 47.1 Å². The summed E-state index contributed by atoms with van der Waals surface area (Å²) in [6.45, 7) is 0.896. The Morgan fingerprint density at radius 3 is 2.00 bits per heavy atom. The second kappa shape index (κ2) is 10.1. The minimum atomic E-state index is 0.111. The van der Waals surface area contributed by atoms with Crippen LogP contribution in [0.3, 0.4) is 0 Å². The van der Waals surface area contributed by atoms with E-state index in [2.05, 4.69) is 10.5 Å². The molecule has 142 valence electrons. The fourth-order valence-electron chi connectivity index (χ4n) is 2.48. The summed E-state index contributed by atoms with van der Waals surface area (Å²) < 4.78 is 12.0. The van der Waals surface area contributed by atoms with Gasteiger partial charge in [-0.25, -0.2) is 0 Å². The quantitative estimate of drug-likeness (QED) is 0.345. The van der Waals surface area contributed by atoms with Crippen molar-refractivity contribution < 1.29 is 9.47 Å². The summed E-state index contributed by atoms with van der Waals surface area (Å²) in [6, 6.07) is 25.6. The first-order valence-corrected chi connectivity index (χ1v) is 9.17. The van der Waals surface area contributed by atoms with Crippen LogP contribution in [-0.2, 0) is 13.2 Å². The minimum Gasteiger partial charge on any atom is -0.485 e. The van der Waals surface area contributed by atoms with Crippen molar-refractivity contribution in [2.24, 2.45) is 10.8 Å². The van der Waals surface area contributed by atoms with Crippen LogP contribution in [0.5, 0.6) is 11.5 Å². The Balaban J connectivity index is 1.76. The minimum absolute atomic E-state index is 0.111. The number of rotatable bonds is 8. The van der Waals surface area contributed by atoms with Crippen molar-refractivity contribution >= 4 is 23.5 Å². The largest absolute Gasteiger partial charge is 0.485 e. The highest BCUT2D eigenvalue weighted by Gasteiger charge is 2.08. The van der Waals surface area contributed by atoms with E-state index >= 15 is 0 Å². The van der Waals surface area contributed by atoms with Gasteiger partial charge in [-0.1, -0.05) is 60.7 Å². The number of hydrazone groups is 1. The van der Waals surface area contributed by atoms with Crippen LogP contribution in [0.15, 0.2) is 84.0 Å². The van der Waals surface area contributed by atoms with Gasteiger partial charge in [0.15, 0.2) is 16.6 Å². The molecule has 0 unspecified atom stereocenters. The van der Waals surface area contributed by atoms with E-state index in [1.54, 1.807) is 6.21 Å². The lowest BCUT2D eigenvalue weighted by Gasteiger charge is -2.14. The van der Waals surface area contributed by atoms with Crippen molar-refractivity contribution in [3.63, 3.8) is 0 Å². The molecule has 0 aromatic heterocycles. The molecule has 0 aliphatic heterocycles. The van der Waals surface area contributed by atoms with Gasteiger partial charge in [-0.3, -0.25) is 5.43 Å². The number of benzene rings is 3.